The molecule has 0 aliphatic carbocycles. The van der Waals surface area contributed by atoms with Crippen molar-refractivity contribution in [1.29, 1.82) is 0 Å². The highest BCUT2D eigenvalue weighted by Gasteiger charge is 2.13. The molecular weight excluding hydrogens is 1510 g/mol. The zero-order valence-electron chi connectivity index (χ0n) is 76.8. The smallest absolute Gasteiger partial charge is 0.00240 e. The lowest BCUT2D eigenvalue weighted by Gasteiger charge is -2.13. The maximum Gasteiger partial charge on any atom is -0.00240 e. The molecule has 0 N–H and O–H groups in total. The Hall–Kier alpha value is -14.0. The lowest BCUT2D eigenvalue weighted by Crippen LogP contribution is -1.87. The van der Waals surface area contributed by atoms with Gasteiger partial charge < -0.3 is 0 Å². The van der Waals surface area contributed by atoms with Crippen LogP contribution in [0, 0.1) is 125 Å². The van der Waals surface area contributed by atoms with E-state index in [0.717, 1.165) is 0 Å². The summed E-state index contributed by atoms with van der Waals surface area (Å²) in [6.45, 7) is 38.5. The van der Waals surface area contributed by atoms with E-state index in [9.17, 15) is 0 Å². The van der Waals surface area contributed by atoms with Crippen molar-refractivity contribution in [1.82, 2.24) is 0 Å². The first kappa shape index (κ1) is 86.9. The Labute approximate surface area is 746 Å². The van der Waals surface area contributed by atoms with Gasteiger partial charge in [-0.25, -0.2) is 0 Å². The van der Waals surface area contributed by atoms with Gasteiger partial charge in [-0.2, -0.15) is 0 Å². The molecule has 0 heterocycles. The molecule has 0 aliphatic rings. The molecule has 23 aromatic carbocycles. The van der Waals surface area contributed by atoms with Crippen LogP contribution in [0.5, 0.6) is 0 Å². The predicted octanol–water partition coefficient (Wildman–Crippen LogP) is 36.3. The van der Waals surface area contributed by atoms with Gasteiger partial charge in [0.1, 0.15) is 0 Å². The summed E-state index contributed by atoms with van der Waals surface area (Å²) in [5.74, 6) is 0. The molecule has 0 radical (unpaired) electrons. The van der Waals surface area contributed by atoms with Gasteiger partial charge in [-0.1, -0.05) is 420 Å². The predicted molar refractivity (Wildman–Crippen MR) is 559 cm³/mol. The highest BCUT2D eigenvalue weighted by molar-refractivity contribution is 6.25. The van der Waals surface area contributed by atoms with Crippen molar-refractivity contribution < 1.29 is 0 Å². The molecule has 0 bridgehead atoms. The molecule has 0 saturated carbocycles. The van der Waals surface area contributed by atoms with Crippen LogP contribution in [-0.2, 0) is 0 Å². The monoisotopic (exact) mass is 1630 g/mol. The normalized spacial score (nSPS) is 10.9. The van der Waals surface area contributed by atoms with Crippen molar-refractivity contribution in [2.45, 2.75) is 125 Å². The summed E-state index contributed by atoms with van der Waals surface area (Å²) in [6, 6.07) is 136. The van der Waals surface area contributed by atoms with Gasteiger partial charge in [0.05, 0.1) is 0 Å². The van der Waals surface area contributed by atoms with Crippen LogP contribution in [0.1, 0.15) is 100 Å². The SMILES string of the molecule is Cc1cc2ccc3cc(C)cc4ccc(c1)c2c34.Cc1ccc(-c2ccc(C)cc2)cc1.Cc1ccc(C)c2ccccc12.Cc1ccc(C)cc1.Cc1ccc2c(ccc3cc(C)ccc32)c1.Cc1ccc2cc(C)ccc2c1.Cc1ccc2cc3cc(C)ccc3cc2c1.Cc1ccc2ccc3c(C)ccc4ccc1c2c43.Cc1cccc2c(C)cccc12. The maximum atomic E-state index is 2.28. The zero-order valence-corrected chi connectivity index (χ0v) is 76.8. The Morgan fingerprint density at radius 3 is 0.643 bits per heavy atom. The van der Waals surface area contributed by atoms with Gasteiger partial charge in [0.15, 0.2) is 0 Å². The van der Waals surface area contributed by atoms with Gasteiger partial charge in [0.25, 0.3) is 0 Å². The van der Waals surface area contributed by atoms with E-state index in [1.54, 1.807) is 0 Å². The van der Waals surface area contributed by atoms with Gasteiger partial charge >= 0.3 is 0 Å². The summed E-state index contributed by atoms with van der Waals surface area (Å²) in [4.78, 5) is 0. The van der Waals surface area contributed by atoms with E-state index in [1.165, 1.54) is 251 Å². The Morgan fingerprint density at radius 2 is 0.310 bits per heavy atom. The maximum absolute atomic E-state index is 2.28. The molecule has 0 fully saturated rings. The lowest BCUT2D eigenvalue weighted by molar-refractivity contribution is 1.40. The highest BCUT2D eigenvalue weighted by Crippen LogP contribution is 2.39. The van der Waals surface area contributed by atoms with Crippen LogP contribution in [0.4, 0.5) is 0 Å². The molecule has 23 aromatic rings. The molecule has 0 heteroatoms. The van der Waals surface area contributed by atoms with E-state index in [4.69, 9.17) is 0 Å². The van der Waals surface area contributed by atoms with Crippen LogP contribution in [0.3, 0.4) is 0 Å². The first-order valence-corrected chi connectivity index (χ1v) is 44.5. The minimum absolute atomic E-state index is 1.29. The van der Waals surface area contributed by atoms with Crippen LogP contribution >= 0.6 is 0 Å². The molecule has 0 saturated heterocycles. The number of hydrogen-bond acceptors (Lipinski definition) is 0. The first-order valence-electron chi connectivity index (χ1n) is 44.5. The van der Waals surface area contributed by atoms with Gasteiger partial charge in [0.2, 0.25) is 0 Å². The van der Waals surface area contributed by atoms with E-state index < -0.39 is 0 Å². The Kier molecular flexibility index (Phi) is 26.8. The van der Waals surface area contributed by atoms with Crippen molar-refractivity contribution in [3.05, 3.63) is 476 Å². The Bertz CT molecular complexity index is 7220. The molecule has 0 aliphatic heterocycles. The van der Waals surface area contributed by atoms with E-state index in [0.29, 0.717) is 0 Å². The summed E-state index contributed by atoms with van der Waals surface area (Å²) in [5.41, 5.74) is 26.6. The number of fused-ring (bicyclic) bond motifs is 8. The average molecular weight is 1630 g/mol. The van der Waals surface area contributed by atoms with Crippen LogP contribution in [0.25, 0.3) is 151 Å². The second-order valence-corrected chi connectivity index (χ2v) is 35.3. The second kappa shape index (κ2) is 38.8. The number of rotatable bonds is 1. The average Bonchev–Trinajstić information content (AvgIpc) is 0.739. The minimum Gasteiger partial charge on any atom is -0.0616 e. The third-order valence-corrected chi connectivity index (χ3v) is 24.7. The summed E-state index contributed by atoms with van der Waals surface area (Å²) >= 11 is 0. The minimum atomic E-state index is 1.29. The first-order chi connectivity index (χ1) is 60.8. The van der Waals surface area contributed by atoms with Gasteiger partial charge in [0, 0.05) is 0 Å². The van der Waals surface area contributed by atoms with Crippen LogP contribution < -0.4 is 0 Å². The van der Waals surface area contributed by atoms with Crippen LogP contribution in [0.2, 0.25) is 0 Å². The molecule has 0 spiro atoms. The molecule has 0 nitrogen and oxygen atoms in total. The van der Waals surface area contributed by atoms with Crippen molar-refractivity contribution >= 4 is 140 Å². The van der Waals surface area contributed by atoms with E-state index >= 15 is 0 Å². The second-order valence-electron chi connectivity index (χ2n) is 35.3. The Morgan fingerprint density at radius 1 is 0.103 bits per heavy atom. The summed E-state index contributed by atoms with van der Waals surface area (Å²) in [7, 11) is 0. The van der Waals surface area contributed by atoms with Crippen LogP contribution in [0.15, 0.2) is 376 Å². The topological polar surface area (TPSA) is 0 Å². The Balaban J connectivity index is 0.000000110. The van der Waals surface area contributed by atoms with Gasteiger partial charge in [-0.3, -0.25) is 0 Å². The number of hydrogen-bond donors (Lipinski definition) is 0. The lowest BCUT2D eigenvalue weighted by atomic mass is 9.91. The van der Waals surface area contributed by atoms with Gasteiger partial charge in [-0.05, 0) is 332 Å². The highest BCUT2D eigenvalue weighted by atomic mass is 14.2. The standard InChI is InChI=1S/2C18H14.2C16H14.C14H14.3C12H12.C8H10/c1-11-7-13-3-5-15-9-12(2)10-16-6-4-14(8-11)17(13)18(15)16;1-11-3-5-13-8-10-16-12(2)4-6-14-7-9-15(11)17(13)18(14)16;1-11-3-7-15-13(9-11)5-6-14-10-12(2)4-8-16(14)15;1-11-3-5-13-10-16-8-12(2)4-6-14(16)9-15(13)7-11;1-11-3-7-13(8-4-11)14-9-5-12(2)6-10-14;1-9-3-5-12-8-10(2)4-6-11(12)7-9;1-9-5-3-8-12-10(2)6-4-7-11(9)12;1-9-7-8-10(2)12-6-4-3-5-11(9)12;1-7-3-5-8(2)6-4-7/h2*3-10H,1-2H3;2*3-10H,1-2H3;3-10H,1-2H3;3*3-8H,1-2H3;3-6H,1-2H3. The van der Waals surface area contributed by atoms with Crippen molar-refractivity contribution in [3.63, 3.8) is 0 Å². The fourth-order valence-corrected chi connectivity index (χ4v) is 17.6. The van der Waals surface area contributed by atoms with Crippen LogP contribution in [-0.4, -0.2) is 0 Å². The fourth-order valence-electron chi connectivity index (χ4n) is 17.6. The van der Waals surface area contributed by atoms with Crippen molar-refractivity contribution in [3.8, 4) is 11.1 Å². The summed E-state index contributed by atoms with van der Waals surface area (Å²) < 4.78 is 0. The largest absolute Gasteiger partial charge is 0.0616 e. The fraction of sp³-hybridized carbons (Fsp3) is 0.143. The summed E-state index contributed by atoms with van der Waals surface area (Å²) in [6.07, 6.45) is 0. The van der Waals surface area contributed by atoms with Crippen molar-refractivity contribution in [2.24, 2.45) is 0 Å². The van der Waals surface area contributed by atoms with E-state index in [2.05, 4.69) is 501 Å². The summed E-state index contributed by atoms with van der Waals surface area (Å²) in [5, 5.41) is 35.4. The molecule has 23 rings (SSSR count). The number of benzene rings is 23. The number of aryl methyl sites for hydroxylation is 18. The molecule has 0 unspecified atom stereocenters. The molecule has 0 aromatic heterocycles. The quantitative estimate of drug-likeness (QED) is 0.114. The van der Waals surface area contributed by atoms with E-state index in [-0.39, 0.29) is 0 Å². The van der Waals surface area contributed by atoms with Crippen molar-refractivity contribution in [2.75, 3.05) is 0 Å². The molecular formula is C126H116. The molecule has 126 heavy (non-hydrogen) atoms. The van der Waals surface area contributed by atoms with E-state index in [1.807, 2.05) is 0 Å². The third kappa shape index (κ3) is 20.4. The molecule has 0 amide bonds. The molecule has 0 atom stereocenters. The third-order valence-electron chi connectivity index (χ3n) is 24.7. The van der Waals surface area contributed by atoms with Gasteiger partial charge in [-0.15, -0.1) is 0 Å². The zero-order chi connectivity index (χ0) is 88.4. The molecule has 620 valence electrons.